The summed E-state index contributed by atoms with van der Waals surface area (Å²) in [6, 6.07) is -1.63. The molecule has 0 aliphatic rings. The smallest absolute Gasteiger partial charge is 0.242 e. The second-order valence-electron chi connectivity index (χ2n) is 4.36. The van der Waals surface area contributed by atoms with Crippen LogP contribution in [0.25, 0.3) is 0 Å². The molecule has 0 rings (SSSR count). The lowest BCUT2D eigenvalue weighted by molar-refractivity contribution is -0.130. The summed E-state index contributed by atoms with van der Waals surface area (Å²) in [5.74, 6) is -1.63. The van der Waals surface area contributed by atoms with Gasteiger partial charge in [-0.3, -0.25) is 19.4 Å². The van der Waals surface area contributed by atoms with Gasteiger partial charge in [-0.2, -0.15) is 12.6 Å². The molecule has 0 unspecified atom stereocenters. The van der Waals surface area contributed by atoms with Gasteiger partial charge >= 0.3 is 0 Å². The second-order valence-corrected chi connectivity index (χ2v) is 4.68. The molecule has 0 saturated carbocycles. The van der Waals surface area contributed by atoms with Crippen molar-refractivity contribution in [1.29, 1.82) is 0 Å². The van der Waals surface area contributed by atoms with Gasteiger partial charge in [0.2, 0.25) is 17.7 Å². The Hall–Kier alpha value is -1.97. The minimum atomic E-state index is -0.845. The minimum Gasteiger partial charge on any atom is -0.370 e. The summed E-state index contributed by atoms with van der Waals surface area (Å²) < 4.78 is 0. The predicted octanol–water partition coefficient (Wildman–Crippen LogP) is -2.56. The first kappa shape index (κ1) is 19.0. The highest BCUT2D eigenvalue weighted by molar-refractivity contribution is 7.81. The molecule has 2 atom stereocenters. The largest absolute Gasteiger partial charge is 0.370 e. The number of nitrogens with one attached hydrogen (secondary N) is 2. The number of rotatable bonds is 9. The van der Waals surface area contributed by atoms with Crippen LogP contribution in [0.3, 0.4) is 0 Å². The number of carbonyl (C=O) groups is 3. The van der Waals surface area contributed by atoms with Crippen molar-refractivity contribution in [2.75, 3.05) is 12.3 Å². The number of aliphatic imine (C=N–C) groups is 1. The summed E-state index contributed by atoms with van der Waals surface area (Å²) >= 11 is 3.78. The van der Waals surface area contributed by atoms with Gasteiger partial charge in [0.1, 0.15) is 12.1 Å². The summed E-state index contributed by atoms with van der Waals surface area (Å²) in [5, 5.41) is 4.89. The topological polar surface area (TPSA) is 166 Å². The van der Waals surface area contributed by atoms with E-state index >= 15 is 0 Å². The number of amides is 3. The predicted molar refractivity (Wildman–Crippen MR) is 82.5 cm³/mol. The molecule has 0 spiro atoms. The Balaban J connectivity index is 4.36. The molecule has 0 heterocycles. The lowest BCUT2D eigenvalue weighted by Gasteiger charge is -2.19. The number of nitrogens with two attached hydrogens (primary N) is 3. The molecule has 0 fully saturated rings. The van der Waals surface area contributed by atoms with E-state index in [9.17, 15) is 14.4 Å². The van der Waals surface area contributed by atoms with E-state index < -0.39 is 23.9 Å². The average molecular weight is 318 g/mol. The van der Waals surface area contributed by atoms with E-state index in [2.05, 4.69) is 28.3 Å². The van der Waals surface area contributed by atoms with Crippen LogP contribution in [-0.2, 0) is 14.4 Å². The van der Waals surface area contributed by atoms with Crippen LogP contribution in [0.1, 0.15) is 19.8 Å². The number of primary amides is 1. The molecule has 9 nitrogen and oxygen atoms in total. The normalized spacial score (nSPS) is 12.9. The van der Waals surface area contributed by atoms with Gasteiger partial charge in [0.15, 0.2) is 5.96 Å². The minimum absolute atomic E-state index is 0.0324. The fraction of sp³-hybridized carbons (Fsp3) is 0.636. The van der Waals surface area contributed by atoms with Gasteiger partial charge in [0.05, 0.1) is 5.75 Å². The van der Waals surface area contributed by atoms with E-state index in [0.29, 0.717) is 19.4 Å². The number of carbonyl (C=O) groups excluding carboxylic acids is 3. The molecular formula is C11H22N6O3S. The highest BCUT2D eigenvalue weighted by Gasteiger charge is 2.21. The van der Waals surface area contributed by atoms with Crippen LogP contribution in [0.15, 0.2) is 4.99 Å². The van der Waals surface area contributed by atoms with Gasteiger partial charge in [0, 0.05) is 6.54 Å². The third kappa shape index (κ3) is 8.74. The summed E-state index contributed by atoms with van der Waals surface area (Å²) in [6.07, 6.45) is 0.772. The highest BCUT2D eigenvalue weighted by atomic mass is 32.1. The number of thiol groups is 1. The van der Waals surface area contributed by atoms with Crippen molar-refractivity contribution < 1.29 is 14.4 Å². The number of hydrogen-bond acceptors (Lipinski definition) is 5. The number of guanidine groups is 1. The van der Waals surface area contributed by atoms with Crippen molar-refractivity contribution in [2.45, 2.75) is 31.8 Å². The first-order valence-electron chi connectivity index (χ1n) is 6.33. The Morgan fingerprint density at radius 2 is 1.81 bits per heavy atom. The summed E-state index contributed by atoms with van der Waals surface area (Å²) in [4.78, 5) is 38.0. The van der Waals surface area contributed by atoms with Gasteiger partial charge < -0.3 is 27.8 Å². The zero-order chi connectivity index (χ0) is 16.4. The lowest BCUT2D eigenvalue weighted by Crippen LogP contribution is -2.52. The molecule has 0 aliphatic heterocycles. The van der Waals surface area contributed by atoms with Gasteiger partial charge in [-0.1, -0.05) is 0 Å². The third-order valence-electron chi connectivity index (χ3n) is 2.52. The molecule has 0 bridgehead atoms. The average Bonchev–Trinajstić information content (AvgIpc) is 2.40. The quantitative estimate of drug-likeness (QED) is 0.119. The van der Waals surface area contributed by atoms with Gasteiger partial charge in [-0.25, -0.2) is 0 Å². The number of nitrogens with zero attached hydrogens (tertiary/aromatic N) is 1. The van der Waals surface area contributed by atoms with Crippen molar-refractivity contribution in [3.63, 3.8) is 0 Å². The lowest BCUT2D eigenvalue weighted by atomic mass is 10.1. The maximum atomic E-state index is 11.8. The van der Waals surface area contributed by atoms with E-state index in [1.807, 2.05) is 0 Å². The van der Waals surface area contributed by atoms with E-state index in [1.165, 1.54) is 6.92 Å². The molecule has 0 aromatic heterocycles. The van der Waals surface area contributed by atoms with Crippen LogP contribution in [-0.4, -0.2) is 48.1 Å². The summed E-state index contributed by atoms with van der Waals surface area (Å²) in [7, 11) is 0. The van der Waals surface area contributed by atoms with Crippen LogP contribution in [0.2, 0.25) is 0 Å². The van der Waals surface area contributed by atoms with E-state index in [0.717, 1.165) is 0 Å². The maximum absolute atomic E-state index is 11.8. The molecule has 0 saturated heterocycles. The Labute approximate surface area is 128 Å². The summed E-state index contributed by atoms with van der Waals surface area (Å²) in [5.41, 5.74) is 15.6. The molecule has 3 amide bonds. The van der Waals surface area contributed by atoms with Crippen molar-refractivity contribution in [1.82, 2.24) is 10.6 Å². The monoisotopic (exact) mass is 318 g/mol. The summed E-state index contributed by atoms with van der Waals surface area (Å²) in [6.45, 7) is 1.82. The highest BCUT2D eigenvalue weighted by Crippen LogP contribution is 1.98. The molecule has 0 aliphatic carbocycles. The second kappa shape index (κ2) is 9.86. The first-order chi connectivity index (χ1) is 9.77. The van der Waals surface area contributed by atoms with Crippen molar-refractivity contribution in [3.05, 3.63) is 0 Å². The van der Waals surface area contributed by atoms with Gasteiger partial charge in [-0.05, 0) is 19.8 Å². The fourth-order valence-corrected chi connectivity index (χ4v) is 1.53. The van der Waals surface area contributed by atoms with E-state index in [-0.39, 0.29) is 17.6 Å². The Morgan fingerprint density at radius 3 is 2.29 bits per heavy atom. The van der Waals surface area contributed by atoms with Crippen LogP contribution in [0, 0.1) is 0 Å². The van der Waals surface area contributed by atoms with Crippen LogP contribution >= 0.6 is 12.6 Å². The molecular weight excluding hydrogens is 296 g/mol. The van der Waals surface area contributed by atoms with E-state index in [1.54, 1.807) is 0 Å². The van der Waals surface area contributed by atoms with Crippen LogP contribution in [0.4, 0.5) is 0 Å². The van der Waals surface area contributed by atoms with Gasteiger partial charge in [0.25, 0.3) is 0 Å². The molecule has 8 N–H and O–H groups in total. The molecule has 0 aromatic carbocycles. The van der Waals surface area contributed by atoms with Crippen molar-refractivity contribution in [3.8, 4) is 0 Å². The Morgan fingerprint density at radius 1 is 1.19 bits per heavy atom. The molecule has 120 valence electrons. The number of hydrogen-bond donors (Lipinski definition) is 6. The Kier molecular flexibility index (Phi) is 8.93. The fourth-order valence-electron chi connectivity index (χ4n) is 1.44. The standard InChI is InChI=1S/C11H22N6O3S/c1-6(16-8(18)5-21)10(20)17-7(9(12)19)3-2-4-15-11(13)14/h6-7,21H,2-5H2,1H3,(H2,12,19)(H,16,18)(H,17,20)(H4,13,14,15)/t6-,7-/m0/s1. The Bertz CT molecular complexity index is 411. The maximum Gasteiger partial charge on any atom is 0.242 e. The zero-order valence-corrected chi connectivity index (χ0v) is 12.7. The van der Waals surface area contributed by atoms with Crippen LogP contribution in [0.5, 0.6) is 0 Å². The zero-order valence-electron chi connectivity index (χ0n) is 11.8. The third-order valence-corrected chi connectivity index (χ3v) is 2.81. The van der Waals surface area contributed by atoms with E-state index in [4.69, 9.17) is 17.2 Å². The molecule has 10 heteroatoms. The van der Waals surface area contributed by atoms with Crippen LogP contribution < -0.4 is 27.8 Å². The molecule has 0 aromatic rings. The SMILES string of the molecule is C[C@H](NC(=O)CS)C(=O)N[C@@H](CCCN=C(N)N)C(N)=O. The van der Waals surface area contributed by atoms with Crippen molar-refractivity contribution >= 4 is 36.3 Å². The van der Waals surface area contributed by atoms with Gasteiger partial charge in [-0.15, -0.1) is 0 Å². The first-order valence-corrected chi connectivity index (χ1v) is 6.96. The molecule has 0 radical (unpaired) electrons. The molecule has 21 heavy (non-hydrogen) atoms. The van der Waals surface area contributed by atoms with Crippen molar-refractivity contribution in [2.24, 2.45) is 22.2 Å².